The van der Waals surface area contributed by atoms with Gasteiger partial charge in [0.25, 0.3) is 0 Å². The first-order valence-electron chi connectivity index (χ1n) is 6.23. The van der Waals surface area contributed by atoms with Gasteiger partial charge in [0.2, 0.25) is 5.91 Å². The third-order valence-electron chi connectivity index (χ3n) is 4.05. The molecular formula is C14H19ClN2O. The number of rotatable bonds is 1. The highest BCUT2D eigenvalue weighted by Crippen LogP contribution is 2.42. The summed E-state index contributed by atoms with van der Waals surface area (Å²) in [5.74, 6) is 0.579. The Kier molecular flexibility index (Phi) is 3.64. The van der Waals surface area contributed by atoms with Crippen molar-refractivity contribution in [2.24, 2.45) is 0 Å². The first-order chi connectivity index (χ1) is 8.15. The molecule has 1 aromatic carbocycles. The Morgan fingerprint density at radius 1 is 1.28 bits per heavy atom. The Balaban J connectivity index is 0.00000120. The zero-order chi connectivity index (χ0) is 12.0. The summed E-state index contributed by atoms with van der Waals surface area (Å²) in [4.78, 5) is 14.0. The van der Waals surface area contributed by atoms with Gasteiger partial charge in [-0.2, -0.15) is 0 Å². The van der Waals surface area contributed by atoms with Crippen LogP contribution in [0.5, 0.6) is 0 Å². The monoisotopic (exact) mass is 266 g/mol. The van der Waals surface area contributed by atoms with Crippen molar-refractivity contribution >= 4 is 24.0 Å². The molecule has 0 saturated heterocycles. The molecule has 3 nitrogen and oxygen atoms in total. The van der Waals surface area contributed by atoms with E-state index < -0.39 is 0 Å². The van der Waals surface area contributed by atoms with E-state index >= 15 is 0 Å². The summed E-state index contributed by atoms with van der Waals surface area (Å²) in [5.41, 5.74) is 3.85. The van der Waals surface area contributed by atoms with Crippen LogP contribution in [0.25, 0.3) is 0 Å². The van der Waals surface area contributed by atoms with Crippen molar-refractivity contribution in [3.63, 3.8) is 0 Å². The van der Waals surface area contributed by atoms with Gasteiger partial charge in [-0.05, 0) is 50.0 Å². The molecule has 1 aliphatic carbocycles. The van der Waals surface area contributed by atoms with Crippen LogP contribution in [0.3, 0.4) is 0 Å². The molecule has 3 rings (SSSR count). The summed E-state index contributed by atoms with van der Waals surface area (Å²) in [7, 11) is 4.25. The molecule has 0 fully saturated rings. The van der Waals surface area contributed by atoms with Crippen LogP contribution in [-0.2, 0) is 11.2 Å². The zero-order valence-electron chi connectivity index (χ0n) is 10.8. The summed E-state index contributed by atoms with van der Waals surface area (Å²) >= 11 is 0. The van der Waals surface area contributed by atoms with Gasteiger partial charge in [0.15, 0.2) is 0 Å². The third kappa shape index (κ3) is 2.13. The molecule has 0 aromatic heterocycles. The lowest BCUT2D eigenvalue weighted by atomic mass is 9.75. The lowest BCUT2D eigenvalue weighted by molar-refractivity contribution is -0.117. The van der Waals surface area contributed by atoms with E-state index in [4.69, 9.17) is 0 Å². The molecule has 1 amide bonds. The van der Waals surface area contributed by atoms with Crippen molar-refractivity contribution < 1.29 is 4.79 Å². The molecule has 0 spiro atoms. The number of hydrogen-bond acceptors (Lipinski definition) is 2. The zero-order valence-corrected chi connectivity index (χ0v) is 11.6. The highest BCUT2D eigenvalue weighted by Gasteiger charge is 2.34. The molecule has 98 valence electrons. The van der Waals surface area contributed by atoms with Crippen molar-refractivity contribution in [2.45, 2.75) is 31.2 Å². The Bertz CT molecular complexity index is 473. The average molecular weight is 267 g/mol. The Labute approximate surface area is 114 Å². The van der Waals surface area contributed by atoms with Crippen LogP contribution in [0, 0.1) is 0 Å². The van der Waals surface area contributed by atoms with Gasteiger partial charge in [-0.3, -0.25) is 4.79 Å². The van der Waals surface area contributed by atoms with Crippen molar-refractivity contribution in [1.29, 1.82) is 0 Å². The predicted octanol–water partition coefficient (Wildman–Crippen LogP) is 2.41. The number of nitrogens with zero attached hydrogens (tertiary/aromatic N) is 1. The molecular weight excluding hydrogens is 248 g/mol. The lowest BCUT2D eigenvalue weighted by Crippen LogP contribution is -2.38. The number of carbonyl (C=O) groups excluding carboxylic acids is 1. The molecule has 2 atom stereocenters. The van der Waals surface area contributed by atoms with E-state index in [0.29, 0.717) is 18.4 Å². The predicted molar refractivity (Wildman–Crippen MR) is 75.5 cm³/mol. The number of carbonyl (C=O) groups is 1. The highest BCUT2D eigenvalue weighted by molar-refractivity contribution is 5.95. The van der Waals surface area contributed by atoms with Gasteiger partial charge in [0, 0.05) is 18.2 Å². The summed E-state index contributed by atoms with van der Waals surface area (Å²) in [5, 5.41) is 2.99. The first-order valence-corrected chi connectivity index (χ1v) is 6.23. The molecule has 0 bridgehead atoms. The maximum Gasteiger partial charge on any atom is 0.224 e. The van der Waals surface area contributed by atoms with Crippen LogP contribution < -0.4 is 5.32 Å². The molecule has 1 aromatic rings. The van der Waals surface area contributed by atoms with E-state index in [1.54, 1.807) is 0 Å². The quantitative estimate of drug-likeness (QED) is 0.847. The van der Waals surface area contributed by atoms with E-state index in [1.807, 2.05) is 6.07 Å². The molecule has 1 aliphatic heterocycles. The fourth-order valence-electron chi connectivity index (χ4n) is 3.17. The molecule has 1 heterocycles. The lowest BCUT2D eigenvalue weighted by Gasteiger charge is -2.38. The standard InChI is InChI=1S/C14H18N2O.ClH/c1-16(2)11-6-9-4-3-5-12-14(9)10(7-11)8-13(17)15-12;/h3-5,10-11H,6-8H2,1-2H3,(H,15,17);1H/t10-,11?;/m0./s1. The minimum Gasteiger partial charge on any atom is -0.326 e. The summed E-state index contributed by atoms with van der Waals surface area (Å²) in [6, 6.07) is 6.85. The number of amides is 1. The number of halogens is 1. The molecule has 18 heavy (non-hydrogen) atoms. The van der Waals surface area contributed by atoms with Gasteiger partial charge in [0.1, 0.15) is 0 Å². The van der Waals surface area contributed by atoms with Crippen LogP contribution in [0.15, 0.2) is 18.2 Å². The maximum atomic E-state index is 11.7. The molecule has 0 radical (unpaired) electrons. The fraction of sp³-hybridized carbons (Fsp3) is 0.500. The number of anilines is 1. The second kappa shape index (κ2) is 4.90. The van der Waals surface area contributed by atoms with Gasteiger partial charge in [-0.1, -0.05) is 12.1 Å². The van der Waals surface area contributed by atoms with Gasteiger partial charge < -0.3 is 10.2 Å². The van der Waals surface area contributed by atoms with Crippen molar-refractivity contribution in [1.82, 2.24) is 4.90 Å². The number of hydrogen-bond donors (Lipinski definition) is 1. The molecule has 4 heteroatoms. The third-order valence-corrected chi connectivity index (χ3v) is 4.05. The summed E-state index contributed by atoms with van der Waals surface area (Å²) < 4.78 is 0. The van der Waals surface area contributed by atoms with E-state index in [1.165, 1.54) is 11.1 Å². The highest BCUT2D eigenvalue weighted by atomic mass is 35.5. The van der Waals surface area contributed by atoms with Crippen LogP contribution in [0.2, 0.25) is 0 Å². The van der Waals surface area contributed by atoms with Crippen LogP contribution in [-0.4, -0.2) is 30.9 Å². The molecule has 1 unspecified atom stereocenters. The Morgan fingerprint density at radius 2 is 2.06 bits per heavy atom. The molecule has 1 N–H and O–H groups in total. The fourth-order valence-corrected chi connectivity index (χ4v) is 3.17. The normalized spacial score (nSPS) is 25.2. The van der Waals surface area contributed by atoms with Gasteiger partial charge in [-0.15, -0.1) is 12.4 Å². The maximum absolute atomic E-state index is 11.7. The Hall–Kier alpha value is -1.06. The van der Waals surface area contributed by atoms with Gasteiger partial charge >= 0.3 is 0 Å². The first kappa shape index (κ1) is 13.4. The van der Waals surface area contributed by atoms with E-state index in [0.717, 1.165) is 18.5 Å². The number of likely N-dealkylation sites (N-methyl/N-ethyl adjacent to an activating group) is 1. The van der Waals surface area contributed by atoms with Crippen LogP contribution >= 0.6 is 12.4 Å². The van der Waals surface area contributed by atoms with E-state index in [9.17, 15) is 4.79 Å². The van der Waals surface area contributed by atoms with E-state index in [2.05, 4.69) is 36.4 Å². The van der Waals surface area contributed by atoms with Crippen molar-refractivity contribution in [3.8, 4) is 0 Å². The van der Waals surface area contributed by atoms with Gasteiger partial charge in [-0.25, -0.2) is 0 Å². The smallest absolute Gasteiger partial charge is 0.224 e. The van der Waals surface area contributed by atoms with Crippen molar-refractivity contribution in [3.05, 3.63) is 29.3 Å². The van der Waals surface area contributed by atoms with Crippen LogP contribution in [0.1, 0.15) is 29.9 Å². The van der Waals surface area contributed by atoms with Gasteiger partial charge in [0.05, 0.1) is 0 Å². The second-order valence-corrected chi connectivity index (χ2v) is 5.38. The van der Waals surface area contributed by atoms with Crippen molar-refractivity contribution in [2.75, 3.05) is 19.4 Å². The summed E-state index contributed by atoms with van der Waals surface area (Å²) in [6.45, 7) is 0. The topological polar surface area (TPSA) is 32.3 Å². The average Bonchev–Trinajstić information content (AvgIpc) is 2.28. The largest absolute Gasteiger partial charge is 0.326 e. The minimum atomic E-state index is 0. The number of benzene rings is 1. The molecule has 0 saturated carbocycles. The second-order valence-electron chi connectivity index (χ2n) is 5.38. The Morgan fingerprint density at radius 3 is 2.78 bits per heavy atom. The SMILES string of the molecule is CN(C)C1Cc2cccc3c2[C@H](CC(=O)N3)C1.Cl. The van der Waals surface area contributed by atoms with Crippen LogP contribution in [0.4, 0.5) is 5.69 Å². The number of nitrogens with one attached hydrogen (secondary N) is 1. The summed E-state index contributed by atoms with van der Waals surface area (Å²) in [6.07, 6.45) is 2.85. The minimum absolute atomic E-state index is 0. The van der Waals surface area contributed by atoms with E-state index in [-0.39, 0.29) is 18.3 Å². The molecule has 2 aliphatic rings.